The van der Waals surface area contributed by atoms with E-state index in [1.54, 1.807) is 34.1 Å². The van der Waals surface area contributed by atoms with Gasteiger partial charge in [-0.1, -0.05) is 37.3 Å². The van der Waals surface area contributed by atoms with Gasteiger partial charge >= 0.3 is 0 Å². The van der Waals surface area contributed by atoms with E-state index >= 15 is 0 Å². The fourth-order valence-corrected chi connectivity index (χ4v) is 3.61. The number of carbonyl (C=O) groups excluding carboxylic acids is 2. The minimum Gasteiger partial charge on any atom is -0.331 e. The fourth-order valence-electron chi connectivity index (χ4n) is 3.25. The van der Waals surface area contributed by atoms with Crippen LogP contribution >= 0.6 is 22.6 Å². The summed E-state index contributed by atoms with van der Waals surface area (Å²) in [5, 5.41) is 11.3. The van der Waals surface area contributed by atoms with Crippen LogP contribution in [0.5, 0.6) is 0 Å². The minimum atomic E-state index is -0.444. The van der Waals surface area contributed by atoms with Crippen molar-refractivity contribution in [3.8, 4) is 5.69 Å². The van der Waals surface area contributed by atoms with Gasteiger partial charge in [0.15, 0.2) is 0 Å². The van der Waals surface area contributed by atoms with Gasteiger partial charge in [0.2, 0.25) is 0 Å². The molecule has 1 aliphatic heterocycles. The first kappa shape index (κ1) is 20.3. The summed E-state index contributed by atoms with van der Waals surface area (Å²) in [5.41, 5.74) is 2.09. The highest BCUT2D eigenvalue weighted by molar-refractivity contribution is 14.1. The zero-order valence-electron chi connectivity index (χ0n) is 16.5. The van der Waals surface area contributed by atoms with Gasteiger partial charge in [-0.3, -0.25) is 14.5 Å². The number of rotatable bonds is 4. The Bertz CT molecular complexity index is 1110. The Balaban J connectivity index is 1.71. The van der Waals surface area contributed by atoms with Gasteiger partial charge < -0.3 is 5.32 Å². The molecule has 0 saturated carbocycles. The molecule has 2 amide bonds. The van der Waals surface area contributed by atoms with E-state index < -0.39 is 6.17 Å². The zero-order chi connectivity index (χ0) is 21.3. The average Bonchev–Trinajstić information content (AvgIpc) is 3.24. The molecule has 0 aliphatic carbocycles. The second-order valence-corrected chi connectivity index (χ2v) is 8.55. The molecular weight excluding hydrogens is 493 g/mol. The van der Waals surface area contributed by atoms with Crippen LogP contribution in [0.1, 0.15) is 29.9 Å². The summed E-state index contributed by atoms with van der Waals surface area (Å²) in [5.74, 6) is -0.431. The van der Waals surface area contributed by atoms with Gasteiger partial charge in [-0.15, -0.1) is 5.10 Å². The van der Waals surface area contributed by atoms with E-state index in [-0.39, 0.29) is 17.7 Å². The monoisotopic (exact) mass is 513 g/mol. The van der Waals surface area contributed by atoms with Crippen molar-refractivity contribution in [2.45, 2.75) is 20.0 Å². The third-order valence-corrected chi connectivity index (χ3v) is 5.56. The van der Waals surface area contributed by atoms with E-state index in [4.69, 9.17) is 0 Å². The van der Waals surface area contributed by atoms with Gasteiger partial charge in [-0.05, 0) is 64.9 Å². The Morgan fingerprint density at radius 1 is 1.10 bits per heavy atom. The second kappa shape index (κ2) is 8.39. The predicted octanol–water partition coefficient (Wildman–Crippen LogP) is 3.47. The molecule has 7 nitrogen and oxygen atoms in total. The Morgan fingerprint density at radius 2 is 1.80 bits per heavy atom. The maximum atomic E-state index is 13.1. The summed E-state index contributed by atoms with van der Waals surface area (Å²) in [6.07, 6.45) is 2.83. The third kappa shape index (κ3) is 4.00. The van der Waals surface area contributed by atoms with Crippen molar-refractivity contribution < 1.29 is 9.59 Å². The van der Waals surface area contributed by atoms with E-state index in [2.05, 4.69) is 38.2 Å². The first-order chi connectivity index (χ1) is 14.4. The summed E-state index contributed by atoms with van der Waals surface area (Å²) < 4.78 is 2.72. The van der Waals surface area contributed by atoms with E-state index in [9.17, 15) is 9.59 Å². The van der Waals surface area contributed by atoms with Crippen molar-refractivity contribution in [3.63, 3.8) is 0 Å². The van der Waals surface area contributed by atoms with Gasteiger partial charge in [0.05, 0.1) is 17.5 Å². The molecule has 2 heterocycles. The van der Waals surface area contributed by atoms with Crippen LogP contribution in [-0.2, 0) is 4.79 Å². The first-order valence-electron chi connectivity index (χ1n) is 9.53. The van der Waals surface area contributed by atoms with Crippen molar-refractivity contribution in [1.29, 1.82) is 0 Å². The highest BCUT2D eigenvalue weighted by atomic mass is 127. The summed E-state index contributed by atoms with van der Waals surface area (Å²) in [6.45, 7) is 3.92. The molecule has 0 fully saturated rings. The Kier molecular flexibility index (Phi) is 5.67. The lowest BCUT2D eigenvalue weighted by atomic mass is 10.0. The fraction of sp³-hybridized carbons (Fsp3) is 0.182. The third-order valence-electron chi connectivity index (χ3n) is 4.84. The van der Waals surface area contributed by atoms with Crippen LogP contribution in [0.4, 0.5) is 0 Å². The molecule has 0 spiro atoms. The van der Waals surface area contributed by atoms with E-state index in [1.807, 2.05) is 56.3 Å². The second-order valence-electron chi connectivity index (χ2n) is 7.31. The summed E-state index contributed by atoms with van der Waals surface area (Å²) in [6, 6.07) is 16.8. The van der Waals surface area contributed by atoms with Crippen molar-refractivity contribution in [2.75, 3.05) is 0 Å². The number of hydrogen-bond acceptors (Lipinski definition) is 4. The van der Waals surface area contributed by atoms with Gasteiger partial charge in [0.25, 0.3) is 11.8 Å². The molecule has 152 valence electrons. The lowest BCUT2D eigenvalue weighted by molar-refractivity contribution is -0.118. The smallest absolute Gasteiger partial charge is 0.259 e. The molecule has 0 radical (unpaired) electrons. The van der Waals surface area contributed by atoms with E-state index in [1.165, 1.54) is 0 Å². The predicted molar refractivity (Wildman–Crippen MR) is 121 cm³/mol. The van der Waals surface area contributed by atoms with Crippen LogP contribution in [0.3, 0.4) is 0 Å². The number of aromatic nitrogens is 3. The molecule has 4 rings (SSSR count). The Morgan fingerprint density at radius 3 is 2.47 bits per heavy atom. The molecule has 0 saturated heterocycles. The molecule has 1 atom stereocenters. The van der Waals surface area contributed by atoms with Gasteiger partial charge in [-0.2, -0.15) is 0 Å². The number of nitrogens with one attached hydrogen (secondary N) is 1. The van der Waals surface area contributed by atoms with E-state index in [0.717, 1.165) is 9.26 Å². The van der Waals surface area contributed by atoms with Crippen LogP contribution < -0.4 is 5.32 Å². The highest BCUT2D eigenvalue weighted by Crippen LogP contribution is 2.24. The Labute approximate surface area is 187 Å². The lowest BCUT2D eigenvalue weighted by Crippen LogP contribution is -2.54. The van der Waals surface area contributed by atoms with Crippen LogP contribution in [0.15, 0.2) is 67.0 Å². The topological polar surface area (TPSA) is 80.1 Å². The van der Waals surface area contributed by atoms with Gasteiger partial charge in [-0.25, -0.2) is 4.68 Å². The van der Waals surface area contributed by atoms with Crippen LogP contribution in [0.2, 0.25) is 0 Å². The van der Waals surface area contributed by atoms with Crippen molar-refractivity contribution in [2.24, 2.45) is 5.92 Å². The highest BCUT2D eigenvalue weighted by Gasteiger charge is 2.34. The van der Waals surface area contributed by atoms with Crippen molar-refractivity contribution in [1.82, 2.24) is 25.2 Å². The zero-order valence-corrected chi connectivity index (χ0v) is 18.6. The van der Waals surface area contributed by atoms with Crippen molar-refractivity contribution >= 4 is 40.0 Å². The number of amides is 2. The maximum absolute atomic E-state index is 13.1. The first-order valence-corrected chi connectivity index (χ1v) is 10.6. The molecule has 2 aromatic carbocycles. The van der Waals surface area contributed by atoms with Crippen molar-refractivity contribution in [3.05, 3.63) is 81.8 Å². The largest absolute Gasteiger partial charge is 0.331 e. The van der Waals surface area contributed by atoms with E-state index in [0.29, 0.717) is 16.8 Å². The molecule has 8 heteroatoms. The average molecular weight is 513 g/mol. The molecule has 1 aliphatic rings. The quantitative estimate of drug-likeness (QED) is 0.542. The molecule has 1 N–H and O–H groups in total. The normalized spacial score (nSPS) is 16.4. The number of nitrogens with zero attached hydrogens (tertiary/aromatic N) is 4. The molecule has 0 unspecified atom stereocenters. The number of halogens is 1. The van der Waals surface area contributed by atoms with Crippen LogP contribution in [0, 0.1) is 9.49 Å². The van der Waals surface area contributed by atoms with Crippen LogP contribution in [-0.4, -0.2) is 37.9 Å². The summed E-state index contributed by atoms with van der Waals surface area (Å²) in [4.78, 5) is 27.5. The lowest BCUT2D eigenvalue weighted by Gasteiger charge is -2.36. The summed E-state index contributed by atoms with van der Waals surface area (Å²) in [7, 11) is 0. The molecule has 3 aromatic rings. The van der Waals surface area contributed by atoms with Crippen LogP contribution in [0.25, 0.3) is 11.3 Å². The van der Waals surface area contributed by atoms with Gasteiger partial charge in [0.1, 0.15) is 11.9 Å². The Hall–Kier alpha value is -3.01. The number of benzene rings is 2. The standard InChI is InChI=1S/C22H20IN5O2/c1-14(2)20-24-21(29)18(12-27(20)22(30)15-6-4-3-5-7-15)19-13-28(26-25-19)17-10-8-16(23)9-11-17/h3-14,20H,1-2H3,(H,24,29)/t20-/m0/s1. The number of carbonyl (C=O) groups is 2. The molecule has 30 heavy (non-hydrogen) atoms. The minimum absolute atomic E-state index is 0.0295. The SMILES string of the molecule is CC(C)[C@H]1NC(=O)C(c2cn(-c3ccc(I)cc3)nn2)=CN1C(=O)c1ccccc1. The van der Waals surface area contributed by atoms with Gasteiger partial charge in [0, 0.05) is 15.3 Å². The maximum Gasteiger partial charge on any atom is 0.259 e. The number of hydrogen-bond donors (Lipinski definition) is 1. The molecule has 0 bridgehead atoms. The molecular formula is C22H20IN5O2. The summed E-state index contributed by atoms with van der Waals surface area (Å²) >= 11 is 2.23. The molecule has 1 aromatic heterocycles.